The Bertz CT molecular complexity index is 683. The lowest BCUT2D eigenvalue weighted by atomic mass is 10.2. The molecule has 0 aromatic carbocycles. The van der Waals surface area contributed by atoms with Crippen LogP contribution in [0.2, 0.25) is 5.02 Å². The van der Waals surface area contributed by atoms with Gasteiger partial charge >= 0.3 is 5.97 Å². The first-order chi connectivity index (χ1) is 8.95. The van der Waals surface area contributed by atoms with Gasteiger partial charge in [0.1, 0.15) is 14.6 Å². The molecular formula is C11H9ClN2O4S. The zero-order valence-corrected chi connectivity index (χ0v) is 11.4. The van der Waals surface area contributed by atoms with Crippen LogP contribution < -0.4 is 10.5 Å². The van der Waals surface area contributed by atoms with E-state index in [-0.39, 0.29) is 22.2 Å². The second-order valence-corrected chi connectivity index (χ2v) is 5.06. The fourth-order valence-corrected chi connectivity index (χ4v) is 3.03. The molecule has 2 aromatic rings. The van der Waals surface area contributed by atoms with Gasteiger partial charge in [0.05, 0.1) is 12.3 Å². The number of carbonyl (C=O) groups is 2. The first kappa shape index (κ1) is 13.6. The monoisotopic (exact) mass is 300 g/mol. The summed E-state index contributed by atoms with van der Waals surface area (Å²) in [6, 6.07) is 0. The van der Waals surface area contributed by atoms with Gasteiger partial charge in [-0.05, 0) is 6.92 Å². The highest BCUT2D eigenvalue weighted by molar-refractivity contribution is 7.22. The molecule has 0 bridgehead atoms. The van der Waals surface area contributed by atoms with E-state index in [1.54, 1.807) is 6.92 Å². The van der Waals surface area contributed by atoms with Gasteiger partial charge in [-0.15, -0.1) is 11.3 Å². The maximum atomic E-state index is 11.8. The van der Waals surface area contributed by atoms with Crippen molar-refractivity contribution in [2.75, 3.05) is 12.3 Å². The van der Waals surface area contributed by atoms with Crippen LogP contribution in [0.4, 0.5) is 5.69 Å². The summed E-state index contributed by atoms with van der Waals surface area (Å²) in [7, 11) is 0. The molecule has 0 spiro atoms. The van der Waals surface area contributed by atoms with Crippen LogP contribution in [0.3, 0.4) is 0 Å². The highest BCUT2D eigenvalue weighted by Crippen LogP contribution is 2.37. The minimum atomic E-state index is -0.980. The molecule has 0 saturated heterocycles. The van der Waals surface area contributed by atoms with E-state index in [9.17, 15) is 14.8 Å². The van der Waals surface area contributed by atoms with Gasteiger partial charge in [-0.3, -0.25) is 4.79 Å². The summed E-state index contributed by atoms with van der Waals surface area (Å²) >= 11 is 6.84. The molecule has 0 aliphatic carbocycles. The molecule has 2 rings (SSSR count). The number of halogens is 1. The average Bonchev–Trinajstić information content (AvgIpc) is 2.65. The summed E-state index contributed by atoms with van der Waals surface area (Å²) in [5.74, 6) is -1.82. The molecule has 0 saturated carbocycles. The van der Waals surface area contributed by atoms with Gasteiger partial charge in [-0.25, -0.2) is 4.79 Å². The number of Topliss-reactive ketones (excluding diaryl/α,β-unsaturated/α-hetero) is 1. The van der Waals surface area contributed by atoms with Gasteiger partial charge in [0, 0.05) is 5.39 Å². The molecule has 0 atom stereocenters. The first-order valence-electron chi connectivity index (χ1n) is 5.27. The maximum absolute atomic E-state index is 11.8. The topological polar surface area (TPSA) is 96.3 Å². The van der Waals surface area contributed by atoms with Gasteiger partial charge in [0.15, 0.2) is 12.4 Å². The summed E-state index contributed by atoms with van der Waals surface area (Å²) in [6.07, 6.45) is 2.37. The number of rotatable bonds is 3. The number of pyridine rings is 1. The number of fused-ring (bicyclic) bond motifs is 1. The fraction of sp³-hybridized carbons (Fsp3) is 0.182. The van der Waals surface area contributed by atoms with Crippen molar-refractivity contribution in [3.05, 3.63) is 27.5 Å². The molecule has 0 aliphatic rings. The van der Waals surface area contributed by atoms with Crippen LogP contribution in [0.5, 0.6) is 0 Å². The number of nitrogens with zero attached hydrogens (tertiary/aromatic N) is 1. The zero-order chi connectivity index (χ0) is 14.2. The van der Waals surface area contributed by atoms with Crippen molar-refractivity contribution in [2.45, 2.75) is 6.92 Å². The number of aromatic nitrogens is 1. The van der Waals surface area contributed by atoms with Crippen LogP contribution in [-0.4, -0.2) is 18.4 Å². The number of carbonyl (C=O) groups excluding carboxylic acids is 2. The van der Waals surface area contributed by atoms with E-state index in [0.29, 0.717) is 14.8 Å². The zero-order valence-electron chi connectivity index (χ0n) is 9.81. The molecule has 0 amide bonds. The molecule has 2 aromatic heterocycles. The predicted molar refractivity (Wildman–Crippen MR) is 71.2 cm³/mol. The Balaban J connectivity index is 2.57. The number of nitrogen functional groups attached to an aromatic ring is 1. The molecule has 0 fully saturated rings. The minimum Gasteiger partial charge on any atom is -0.619 e. The number of esters is 1. The predicted octanol–water partition coefficient (Wildman–Crippen LogP) is 1.52. The largest absolute Gasteiger partial charge is 0.619 e. The summed E-state index contributed by atoms with van der Waals surface area (Å²) in [4.78, 5) is 23.3. The molecule has 2 heterocycles. The summed E-state index contributed by atoms with van der Waals surface area (Å²) in [6.45, 7) is 1.69. The van der Waals surface area contributed by atoms with E-state index in [2.05, 4.69) is 4.74 Å². The highest BCUT2D eigenvalue weighted by atomic mass is 35.5. The van der Waals surface area contributed by atoms with Gasteiger partial charge in [0.25, 0.3) is 5.78 Å². The van der Waals surface area contributed by atoms with Crippen molar-refractivity contribution >= 4 is 50.5 Å². The van der Waals surface area contributed by atoms with Crippen molar-refractivity contribution in [1.29, 1.82) is 0 Å². The number of ketones is 1. The van der Waals surface area contributed by atoms with Gasteiger partial charge in [-0.1, -0.05) is 11.6 Å². The third kappa shape index (κ3) is 2.34. The Kier molecular flexibility index (Phi) is 3.59. The lowest BCUT2D eigenvalue weighted by Gasteiger charge is -2.00. The molecule has 0 unspecified atom stereocenters. The van der Waals surface area contributed by atoms with Crippen LogP contribution in [0.25, 0.3) is 10.1 Å². The Hall–Kier alpha value is -1.86. The number of anilines is 1. The Morgan fingerprint density at radius 2 is 2.21 bits per heavy atom. The number of nitrogens with two attached hydrogens (primary N) is 1. The van der Waals surface area contributed by atoms with E-state index in [1.807, 2.05) is 0 Å². The van der Waals surface area contributed by atoms with Crippen LogP contribution in [0, 0.1) is 5.21 Å². The Morgan fingerprint density at radius 1 is 1.53 bits per heavy atom. The van der Waals surface area contributed by atoms with Crippen molar-refractivity contribution in [3.8, 4) is 0 Å². The number of thiophene rings is 1. The maximum Gasteiger partial charge on any atom is 0.380 e. The van der Waals surface area contributed by atoms with E-state index >= 15 is 0 Å². The number of hydrogen-bond acceptors (Lipinski definition) is 6. The fourth-order valence-electron chi connectivity index (χ4n) is 1.59. The lowest BCUT2D eigenvalue weighted by molar-refractivity contribution is -0.603. The molecule has 6 nitrogen and oxygen atoms in total. The molecular weight excluding hydrogens is 292 g/mol. The molecule has 100 valence electrons. The second kappa shape index (κ2) is 5.02. The molecule has 19 heavy (non-hydrogen) atoms. The number of hydrogen-bond donors (Lipinski definition) is 1. The Morgan fingerprint density at radius 3 is 2.84 bits per heavy atom. The molecule has 2 N–H and O–H groups in total. The summed E-state index contributed by atoms with van der Waals surface area (Å²) in [5, 5.41) is 11.8. The minimum absolute atomic E-state index is 0.0292. The molecule has 0 aliphatic heterocycles. The molecule has 8 heteroatoms. The third-order valence-corrected chi connectivity index (χ3v) is 3.79. The van der Waals surface area contributed by atoms with Crippen molar-refractivity contribution in [1.82, 2.24) is 0 Å². The van der Waals surface area contributed by atoms with Crippen LogP contribution in [0.1, 0.15) is 16.6 Å². The second-order valence-electron chi connectivity index (χ2n) is 3.60. The van der Waals surface area contributed by atoms with Crippen LogP contribution >= 0.6 is 22.9 Å². The van der Waals surface area contributed by atoms with E-state index < -0.39 is 11.8 Å². The SMILES string of the molecule is CCOC(=O)C(=O)c1sc2c[n+]([O-])cc(Cl)c2c1N. The van der Waals surface area contributed by atoms with Crippen molar-refractivity contribution in [2.24, 2.45) is 0 Å². The van der Waals surface area contributed by atoms with Gasteiger partial charge < -0.3 is 15.7 Å². The standard InChI is InChI=1S/C11H9ClN2O4S/c1-2-18-11(16)9(15)10-8(13)7-5(12)3-14(17)4-6(7)19-10/h3-4H,2,13H2,1H3. The van der Waals surface area contributed by atoms with Crippen molar-refractivity contribution < 1.29 is 19.1 Å². The smallest absolute Gasteiger partial charge is 0.380 e. The summed E-state index contributed by atoms with van der Waals surface area (Å²) < 4.78 is 5.58. The molecule has 0 radical (unpaired) electrons. The first-order valence-corrected chi connectivity index (χ1v) is 6.46. The highest BCUT2D eigenvalue weighted by Gasteiger charge is 2.26. The lowest BCUT2D eigenvalue weighted by Crippen LogP contribution is -2.23. The quantitative estimate of drug-likeness (QED) is 0.305. The van der Waals surface area contributed by atoms with Crippen LogP contribution in [0.15, 0.2) is 12.4 Å². The number of ether oxygens (including phenoxy) is 1. The average molecular weight is 301 g/mol. The Labute approximate surface area is 116 Å². The van der Waals surface area contributed by atoms with E-state index in [1.165, 1.54) is 6.20 Å². The van der Waals surface area contributed by atoms with Gasteiger partial charge in [-0.2, -0.15) is 4.73 Å². The van der Waals surface area contributed by atoms with Crippen LogP contribution in [-0.2, 0) is 9.53 Å². The third-order valence-electron chi connectivity index (χ3n) is 2.36. The van der Waals surface area contributed by atoms with E-state index in [4.69, 9.17) is 17.3 Å². The van der Waals surface area contributed by atoms with E-state index in [0.717, 1.165) is 17.5 Å². The normalized spacial score (nSPS) is 10.6. The van der Waals surface area contributed by atoms with Gasteiger partial charge in [0.2, 0.25) is 0 Å². The van der Waals surface area contributed by atoms with Crippen molar-refractivity contribution in [3.63, 3.8) is 0 Å². The summed E-state index contributed by atoms with van der Waals surface area (Å²) in [5.41, 5.74) is 5.90.